The third kappa shape index (κ3) is 3.01. The lowest BCUT2D eigenvalue weighted by molar-refractivity contribution is 0.0713. The van der Waals surface area contributed by atoms with E-state index in [-0.39, 0.29) is 5.91 Å². The Hall–Kier alpha value is -2.60. The molecule has 6 heteroatoms. The third-order valence-electron chi connectivity index (χ3n) is 5.11. The van der Waals surface area contributed by atoms with Crippen LogP contribution in [0, 0.1) is 5.92 Å². The standard InChI is InChI=1S/C20H25N5O/c1-22(2)10-15-11-24(13-16-8-9-21-25(16)12-15)20(26)18-14-23(3)19-7-5-4-6-17(18)19/h4-9,14-15H,10-13H2,1-3H3. The van der Waals surface area contributed by atoms with Crippen molar-refractivity contribution in [3.05, 3.63) is 54.0 Å². The number of carbonyl (C=O) groups is 1. The summed E-state index contributed by atoms with van der Waals surface area (Å²) in [4.78, 5) is 17.6. The number of hydrogen-bond acceptors (Lipinski definition) is 3. The quantitative estimate of drug-likeness (QED) is 0.727. The summed E-state index contributed by atoms with van der Waals surface area (Å²) >= 11 is 0. The molecule has 0 saturated carbocycles. The van der Waals surface area contributed by atoms with E-state index in [1.165, 1.54) is 0 Å². The van der Waals surface area contributed by atoms with Gasteiger partial charge in [0.05, 0.1) is 17.8 Å². The van der Waals surface area contributed by atoms with Crippen LogP contribution in [-0.4, -0.2) is 57.2 Å². The van der Waals surface area contributed by atoms with Crippen molar-refractivity contribution in [2.75, 3.05) is 27.2 Å². The van der Waals surface area contributed by atoms with Crippen molar-refractivity contribution in [2.45, 2.75) is 13.1 Å². The fourth-order valence-electron chi connectivity index (χ4n) is 4.00. The molecule has 0 N–H and O–H groups in total. The number of para-hydroxylation sites is 1. The van der Waals surface area contributed by atoms with Crippen LogP contribution in [0.15, 0.2) is 42.7 Å². The number of carbonyl (C=O) groups excluding carboxylic acids is 1. The van der Waals surface area contributed by atoms with Gasteiger partial charge in [0.15, 0.2) is 0 Å². The smallest absolute Gasteiger partial charge is 0.256 e. The second kappa shape index (κ2) is 6.61. The summed E-state index contributed by atoms with van der Waals surface area (Å²) in [6.45, 7) is 3.12. The van der Waals surface area contributed by atoms with Crippen molar-refractivity contribution in [1.29, 1.82) is 0 Å². The number of aryl methyl sites for hydroxylation is 1. The first-order valence-electron chi connectivity index (χ1n) is 9.01. The molecule has 0 saturated heterocycles. The third-order valence-corrected chi connectivity index (χ3v) is 5.11. The summed E-state index contributed by atoms with van der Waals surface area (Å²) in [7, 11) is 6.14. The van der Waals surface area contributed by atoms with Gasteiger partial charge in [-0.1, -0.05) is 18.2 Å². The summed E-state index contributed by atoms with van der Waals surface area (Å²) in [5.74, 6) is 0.449. The molecular formula is C20H25N5O. The van der Waals surface area contributed by atoms with Crippen molar-refractivity contribution < 1.29 is 4.79 Å². The van der Waals surface area contributed by atoms with E-state index in [0.717, 1.165) is 41.8 Å². The molecule has 1 aliphatic rings. The largest absolute Gasteiger partial charge is 0.350 e. The first kappa shape index (κ1) is 16.8. The zero-order chi connectivity index (χ0) is 18.3. The topological polar surface area (TPSA) is 46.3 Å². The Morgan fingerprint density at radius 1 is 1.23 bits per heavy atom. The lowest BCUT2D eigenvalue weighted by Crippen LogP contribution is -2.37. The van der Waals surface area contributed by atoms with Crippen LogP contribution in [0.2, 0.25) is 0 Å². The number of amides is 1. The average Bonchev–Trinajstić information content (AvgIpc) is 3.13. The molecule has 1 aromatic carbocycles. The van der Waals surface area contributed by atoms with Gasteiger partial charge in [-0.25, -0.2) is 0 Å². The van der Waals surface area contributed by atoms with Gasteiger partial charge in [-0.3, -0.25) is 9.48 Å². The van der Waals surface area contributed by atoms with Crippen LogP contribution in [0.5, 0.6) is 0 Å². The molecule has 1 aliphatic heterocycles. The highest BCUT2D eigenvalue weighted by Crippen LogP contribution is 2.24. The molecule has 0 spiro atoms. The van der Waals surface area contributed by atoms with Gasteiger partial charge in [0.2, 0.25) is 0 Å². The molecule has 0 bridgehead atoms. The predicted octanol–water partition coefficient (Wildman–Crippen LogP) is 2.21. The highest BCUT2D eigenvalue weighted by atomic mass is 16.2. The molecule has 4 rings (SSSR count). The van der Waals surface area contributed by atoms with E-state index in [2.05, 4.69) is 30.2 Å². The van der Waals surface area contributed by atoms with Crippen molar-refractivity contribution in [3.63, 3.8) is 0 Å². The minimum absolute atomic E-state index is 0.0974. The molecule has 0 aliphatic carbocycles. The molecule has 6 nitrogen and oxygen atoms in total. The Morgan fingerprint density at radius 3 is 2.85 bits per heavy atom. The average molecular weight is 351 g/mol. The normalized spacial score (nSPS) is 17.5. The van der Waals surface area contributed by atoms with E-state index in [4.69, 9.17) is 0 Å². The van der Waals surface area contributed by atoms with Crippen molar-refractivity contribution >= 4 is 16.8 Å². The lowest BCUT2D eigenvalue weighted by atomic mass is 10.1. The van der Waals surface area contributed by atoms with Gasteiger partial charge in [0.25, 0.3) is 5.91 Å². The number of fused-ring (bicyclic) bond motifs is 2. The Kier molecular flexibility index (Phi) is 4.28. The summed E-state index contributed by atoms with van der Waals surface area (Å²) in [5.41, 5.74) is 2.96. The molecule has 3 heterocycles. The maximum atomic E-state index is 13.4. The van der Waals surface area contributed by atoms with Gasteiger partial charge >= 0.3 is 0 Å². The molecule has 1 atom stereocenters. The van der Waals surface area contributed by atoms with E-state index >= 15 is 0 Å². The van der Waals surface area contributed by atoms with Gasteiger partial charge in [0.1, 0.15) is 0 Å². The minimum atomic E-state index is 0.0974. The van der Waals surface area contributed by atoms with E-state index in [1.54, 1.807) is 0 Å². The van der Waals surface area contributed by atoms with Crippen molar-refractivity contribution in [1.82, 2.24) is 24.1 Å². The first-order valence-corrected chi connectivity index (χ1v) is 9.01. The molecule has 1 amide bonds. The summed E-state index contributed by atoms with van der Waals surface area (Å²) in [5, 5.41) is 5.47. The zero-order valence-corrected chi connectivity index (χ0v) is 15.6. The van der Waals surface area contributed by atoms with Gasteiger partial charge in [-0.15, -0.1) is 0 Å². The maximum absolute atomic E-state index is 13.4. The fourth-order valence-corrected chi connectivity index (χ4v) is 4.00. The number of rotatable bonds is 3. The van der Waals surface area contributed by atoms with E-state index in [0.29, 0.717) is 12.5 Å². The molecule has 1 unspecified atom stereocenters. The predicted molar refractivity (Wildman–Crippen MR) is 102 cm³/mol. The monoisotopic (exact) mass is 351 g/mol. The SMILES string of the molecule is CN(C)CC1CN(C(=O)c2cn(C)c3ccccc23)Cc2ccnn2C1. The summed E-state index contributed by atoms with van der Waals surface area (Å²) < 4.78 is 4.08. The molecule has 2 aromatic heterocycles. The highest BCUT2D eigenvalue weighted by molar-refractivity contribution is 6.07. The first-order chi connectivity index (χ1) is 12.5. The second-order valence-electron chi connectivity index (χ2n) is 7.49. The van der Waals surface area contributed by atoms with Crippen LogP contribution in [0.1, 0.15) is 16.1 Å². The molecule has 0 radical (unpaired) electrons. The van der Waals surface area contributed by atoms with Crippen LogP contribution in [-0.2, 0) is 20.1 Å². The fraction of sp³-hybridized carbons (Fsp3) is 0.400. The highest BCUT2D eigenvalue weighted by Gasteiger charge is 2.28. The Morgan fingerprint density at radius 2 is 2.04 bits per heavy atom. The molecule has 136 valence electrons. The zero-order valence-electron chi connectivity index (χ0n) is 15.6. The molecule has 3 aromatic rings. The lowest BCUT2D eigenvalue weighted by Gasteiger charge is -2.26. The summed E-state index contributed by atoms with van der Waals surface area (Å²) in [6, 6.07) is 10.1. The molecule has 0 fully saturated rings. The van der Waals surface area contributed by atoms with Crippen LogP contribution < -0.4 is 0 Å². The Balaban J connectivity index is 1.69. The molecule has 26 heavy (non-hydrogen) atoms. The van der Waals surface area contributed by atoms with Crippen LogP contribution in [0.3, 0.4) is 0 Å². The minimum Gasteiger partial charge on any atom is -0.350 e. The number of aromatic nitrogens is 3. The van der Waals surface area contributed by atoms with E-state index in [1.807, 2.05) is 57.9 Å². The summed E-state index contributed by atoms with van der Waals surface area (Å²) in [6.07, 6.45) is 3.78. The Labute approximate surface area is 153 Å². The maximum Gasteiger partial charge on any atom is 0.256 e. The van der Waals surface area contributed by atoms with Crippen molar-refractivity contribution in [3.8, 4) is 0 Å². The van der Waals surface area contributed by atoms with E-state index in [9.17, 15) is 4.79 Å². The van der Waals surface area contributed by atoms with Gasteiger partial charge in [-0.2, -0.15) is 5.10 Å². The van der Waals surface area contributed by atoms with Crippen LogP contribution in [0.4, 0.5) is 0 Å². The molecular weight excluding hydrogens is 326 g/mol. The van der Waals surface area contributed by atoms with Gasteiger partial charge in [-0.05, 0) is 26.2 Å². The van der Waals surface area contributed by atoms with Gasteiger partial charge < -0.3 is 14.4 Å². The number of benzene rings is 1. The van der Waals surface area contributed by atoms with Gasteiger partial charge in [0, 0.05) is 55.9 Å². The number of hydrogen-bond donors (Lipinski definition) is 0. The van der Waals surface area contributed by atoms with Crippen LogP contribution >= 0.6 is 0 Å². The van der Waals surface area contributed by atoms with Crippen LogP contribution in [0.25, 0.3) is 10.9 Å². The Bertz CT molecular complexity index is 939. The van der Waals surface area contributed by atoms with Crippen molar-refractivity contribution in [2.24, 2.45) is 13.0 Å². The van der Waals surface area contributed by atoms with E-state index < -0.39 is 0 Å². The second-order valence-corrected chi connectivity index (χ2v) is 7.49. The number of nitrogens with zero attached hydrogens (tertiary/aromatic N) is 5.